The highest BCUT2D eigenvalue weighted by Crippen LogP contribution is 2.36. The van der Waals surface area contributed by atoms with Gasteiger partial charge in [-0.05, 0) is 30.2 Å². The molecule has 2 aromatic heterocycles. The second-order valence-corrected chi connectivity index (χ2v) is 6.82. The van der Waals surface area contributed by atoms with Crippen LogP contribution < -0.4 is 10.1 Å². The minimum absolute atomic E-state index is 0.00222. The molecule has 4 rings (SSSR count). The normalized spacial score (nSPS) is 24.8. The largest absolute Gasteiger partial charge is 0.486 e. The Morgan fingerprint density at radius 1 is 1.31 bits per heavy atom. The lowest BCUT2D eigenvalue weighted by Crippen LogP contribution is -2.41. The van der Waals surface area contributed by atoms with Crippen molar-refractivity contribution in [2.45, 2.75) is 31.1 Å². The Kier molecular flexibility index (Phi) is 4.71. The summed E-state index contributed by atoms with van der Waals surface area (Å²) >= 11 is 0. The third-order valence-electron chi connectivity index (χ3n) is 4.88. The molecule has 1 spiro atoms. The zero-order valence-corrected chi connectivity index (χ0v) is 14.5. The molecule has 1 N–H and O–H groups in total. The van der Waals surface area contributed by atoms with E-state index in [4.69, 9.17) is 9.47 Å². The molecule has 2 amide bonds. The molecular weight excluding hydrogens is 332 g/mol. The predicted molar refractivity (Wildman–Crippen MR) is 94.6 cm³/mol. The topological polar surface area (TPSA) is 76.6 Å². The van der Waals surface area contributed by atoms with Crippen molar-refractivity contribution < 1.29 is 14.3 Å². The fraction of sp³-hybridized carbons (Fsp3) is 0.421. The van der Waals surface area contributed by atoms with Crippen LogP contribution in [0, 0.1) is 0 Å². The van der Waals surface area contributed by atoms with Crippen LogP contribution >= 0.6 is 0 Å². The molecule has 0 aromatic carbocycles. The van der Waals surface area contributed by atoms with E-state index in [2.05, 4.69) is 15.3 Å². The molecule has 2 fully saturated rings. The van der Waals surface area contributed by atoms with Crippen LogP contribution in [0.2, 0.25) is 0 Å². The summed E-state index contributed by atoms with van der Waals surface area (Å²) in [5.74, 6) is 0.752. The Labute approximate surface area is 152 Å². The minimum atomic E-state index is -0.293. The van der Waals surface area contributed by atoms with E-state index in [9.17, 15) is 4.79 Å². The van der Waals surface area contributed by atoms with Gasteiger partial charge in [0.1, 0.15) is 11.9 Å². The van der Waals surface area contributed by atoms with Crippen LogP contribution in [0.1, 0.15) is 18.4 Å². The molecule has 7 nitrogen and oxygen atoms in total. The third kappa shape index (κ3) is 3.77. The van der Waals surface area contributed by atoms with E-state index in [-0.39, 0.29) is 17.7 Å². The molecule has 0 saturated carbocycles. The molecule has 136 valence electrons. The van der Waals surface area contributed by atoms with Gasteiger partial charge in [0.05, 0.1) is 24.9 Å². The molecule has 0 unspecified atom stereocenters. The number of rotatable bonds is 4. The first-order valence-electron chi connectivity index (χ1n) is 8.85. The number of amides is 2. The Morgan fingerprint density at radius 3 is 2.92 bits per heavy atom. The molecule has 4 heterocycles. The molecule has 2 aromatic rings. The van der Waals surface area contributed by atoms with Gasteiger partial charge in [-0.1, -0.05) is 6.07 Å². The summed E-state index contributed by atoms with van der Waals surface area (Å²) in [5.41, 5.74) is 0.690. The van der Waals surface area contributed by atoms with Gasteiger partial charge in [0.2, 0.25) is 0 Å². The van der Waals surface area contributed by atoms with E-state index in [0.717, 1.165) is 24.2 Å². The molecular formula is C19H22N4O3. The van der Waals surface area contributed by atoms with Crippen molar-refractivity contribution in [1.82, 2.24) is 20.2 Å². The maximum Gasteiger partial charge on any atom is 0.317 e. The van der Waals surface area contributed by atoms with E-state index in [0.29, 0.717) is 26.2 Å². The van der Waals surface area contributed by atoms with Gasteiger partial charge in [-0.3, -0.25) is 9.97 Å². The highest BCUT2D eigenvalue weighted by Gasteiger charge is 2.47. The van der Waals surface area contributed by atoms with Crippen LogP contribution in [0.25, 0.3) is 0 Å². The fourth-order valence-electron chi connectivity index (χ4n) is 3.58. The van der Waals surface area contributed by atoms with Gasteiger partial charge in [-0.25, -0.2) is 4.79 Å². The quantitative estimate of drug-likeness (QED) is 0.909. The number of ether oxygens (including phenoxy) is 2. The minimum Gasteiger partial charge on any atom is -0.486 e. The fourth-order valence-corrected chi connectivity index (χ4v) is 3.58. The number of carbonyl (C=O) groups excluding carboxylic acids is 1. The molecule has 26 heavy (non-hydrogen) atoms. The van der Waals surface area contributed by atoms with Crippen LogP contribution in [0.4, 0.5) is 4.79 Å². The van der Waals surface area contributed by atoms with E-state index in [1.165, 1.54) is 0 Å². The number of pyridine rings is 2. The van der Waals surface area contributed by atoms with Gasteiger partial charge in [0.15, 0.2) is 0 Å². The van der Waals surface area contributed by atoms with E-state index < -0.39 is 0 Å². The van der Waals surface area contributed by atoms with Crippen molar-refractivity contribution in [2.75, 3.05) is 19.7 Å². The van der Waals surface area contributed by atoms with Gasteiger partial charge in [0, 0.05) is 38.1 Å². The molecule has 0 radical (unpaired) electrons. The summed E-state index contributed by atoms with van der Waals surface area (Å²) in [7, 11) is 0. The first kappa shape index (κ1) is 16.8. The summed E-state index contributed by atoms with van der Waals surface area (Å²) in [4.78, 5) is 22.4. The lowest BCUT2D eigenvalue weighted by molar-refractivity contribution is 0.0122. The first-order valence-corrected chi connectivity index (χ1v) is 8.85. The zero-order valence-electron chi connectivity index (χ0n) is 14.5. The molecule has 2 aliphatic rings. The zero-order chi connectivity index (χ0) is 17.8. The molecule has 0 bridgehead atoms. The third-order valence-corrected chi connectivity index (χ3v) is 4.88. The Balaban J connectivity index is 1.28. The number of hydrogen-bond donors (Lipinski definition) is 1. The van der Waals surface area contributed by atoms with E-state index >= 15 is 0 Å². The maximum absolute atomic E-state index is 12.4. The summed E-state index contributed by atoms with van der Waals surface area (Å²) in [5, 5.41) is 2.95. The number of urea groups is 1. The maximum atomic E-state index is 12.4. The second kappa shape index (κ2) is 7.29. The van der Waals surface area contributed by atoms with Crippen LogP contribution in [-0.4, -0.2) is 52.3 Å². The molecule has 2 saturated heterocycles. The molecule has 7 heteroatoms. The van der Waals surface area contributed by atoms with Crippen LogP contribution in [0.3, 0.4) is 0 Å². The standard InChI is InChI=1S/C19H22N4O3/c24-18(22-11-15-3-1-6-20-10-15)23-8-5-19(14-23)9-17(13-25-19)26-16-4-2-7-21-12-16/h1-4,6-7,10,12,17H,5,8-9,11,13-14H2,(H,22,24)/t17-,19+/m1/s1. The van der Waals surface area contributed by atoms with Crippen LogP contribution in [0.5, 0.6) is 5.75 Å². The smallest absolute Gasteiger partial charge is 0.317 e. The highest BCUT2D eigenvalue weighted by molar-refractivity contribution is 5.74. The van der Waals surface area contributed by atoms with Crippen LogP contribution in [-0.2, 0) is 11.3 Å². The van der Waals surface area contributed by atoms with E-state index in [1.54, 1.807) is 24.8 Å². The van der Waals surface area contributed by atoms with Crippen molar-refractivity contribution in [3.8, 4) is 5.75 Å². The Morgan fingerprint density at radius 2 is 2.15 bits per heavy atom. The highest BCUT2D eigenvalue weighted by atomic mass is 16.6. The predicted octanol–water partition coefficient (Wildman–Crippen LogP) is 2.00. The van der Waals surface area contributed by atoms with Crippen molar-refractivity contribution in [3.05, 3.63) is 54.6 Å². The number of likely N-dealkylation sites (tertiary alicyclic amines) is 1. The summed E-state index contributed by atoms with van der Waals surface area (Å²) in [6.45, 7) is 2.31. The van der Waals surface area contributed by atoms with Gasteiger partial charge < -0.3 is 19.7 Å². The monoisotopic (exact) mass is 354 g/mol. The van der Waals surface area contributed by atoms with Gasteiger partial charge >= 0.3 is 6.03 Å². The van der Waals surface area contributed by atoms with Crippen molar-refractivity contribution in [2.24, 2.45) is 0 Å². The lowest BCUT2D eigenvalue weighted by Gasteiger charge is -2.23. The lowest BCUT2D eigenvalue weighted by atomic mass is 9.98. The molecule has 0 aliphatic carbocycles. The van der Waals surface area contributed by atoms with Crippen molar-refractivity contribution >= 4 is 6.03 Å². The average Bonchev–Trinajstić information content (AvgIpc) is 3.28. The van der Waals surface area contributed by atoms with Gasteiger partial charge in [-0.2, -0.15) is 0 Å². The van der Waals surface area contributed by atoms with Crippen LogP contribution in [0.15, 0.2) is 49.1 Å². The first-order chi connectivity index (χ1) is 12.7. The Bertz CT molecular complexity index is 743. The number of aromatic nitrogens is 2. The summed E-state index contributed by atoms with van der Waals surface area (Å²) < 4.78 is 12.0. The van der Waals surface area contributed by atoms with Gasteiger partial charge in [-0.15, -0.1) is 0 Å². The Hall–Kier alpha value is -2.67. The summed E-state index contributed by atoms with van der Waals surface area (Å²) in [6, 6.07) is 7.49. The number of nitrogens with zero attached hydrogens (tertiary/aromatic N) is 3. The molecule has 2 atom stereocenters. The number of nitrogens with one attached hydrogen (secondary N) is 1. The SMILES string of the molecule is O=C(NCc1cccnc1)N1CC[C@]2(C[C@@H](Oc3cccnc3)CO2)C1. The van der Waals surface area contributed by atoms with Gasteiger partial charge in [0.25, 0.3) is 0 Å². The summed E-state index contributed by atoms with van der Waals surface area (Å²) in [6.07, 6.45) is 8.52. The van der Waals surface area contributed by atoms with E-state index in [1.807, 2.05) is 29.2 Å². The number of hydrogen-bond acceptors (Lipinski definition) is 5. The average molecular weight is 354 g/mol. The second-order valence-electron chi connectivity index (χ2n) is 6.82. The molecule has 2 aliphatic heterocycles. The number of carbonyl (C=O) groups is 1. The van der Waals surface area contributed by atoms with Crippen molar-refractivity contribution in [1.29, 1.82) is 0 Å². The van der Waals surface area contributed by atoms with Crippen molar-refractivity contribution in [3.63, 3.8) is 0 Å².